The van der Waals surface area contributed by atoms with Crippen LogP contribution in [-0.4, -0.2) is 38.4 Å². The molecule has 1 heterocycles. The van der Waals surface area contributed by atoms with Crippen LogP contribution in [-0.2, 0) is 14.8 Å². The molecule has 27 heavy (non-hydrogen) atoms. The van der Waals surface area contributed by atoms with Crippen molar-refractivity contribution in [3.63, 3.8) is 0 Å². The van der Waals surface area contributed by atoms with Crippen molar-refractivity contribution in [3.8, 4) is 5.75 Å². The van der Waals surface area contributed by atoms with E-state index in [0.717, 1.165) is 17.4 Å². The number of rotatable bonds is 5. The number of sulfonamides is 1. The van der Waals surface area contributed by atoms with Gasteiger partial charge in [-0.05, 0) is 23.8 Å². The Morgan fingerprint density at radius 2 is 1.96 bits per heavy atom. The van der Waals surface area contributed by atoms with Crippen LogP contribution in [0.4, 0.5) is 5.69 Å². The van der Waals surface area contributed by atoms with E-state index in [2.05, 4.69) is 9.82 Å². The Bertz CT molecular complexity index is 1000. The number of anilines is 1. The zero-order chi connectivity index (χ0) is 19.6. The topological polar surface area (TPSA) is 88.1 Å². The highest BCUT2D eigenvalue weighted by atomic mass is 32.2. The van der Waals surface area contributed by atoms with Crippen LogP contribution in [0.1, 0.15) is 30.5 Å². The van der Waals surface area contributed by atoms with Gasteiger partial charge in [0.25, 0.3) is 0 Å². The molecule has 0 spiro atoms. The van der Waals surface area contributed by atoms with E-state index in [1.165, 1.54) is 11.9 Å². The number of carbonyl (C=O) groups is 1. The standard InChI is InChI=1S/C19H21N3O4S/c1-13(23)22-18(16-9-4-5-10-19(16)26-2)12-17(20-22)14-7-6-8-15(11-14)21-27(3,24)25/h4-11,18,21H,12H2,1-3H3/t18-/m0/s1. The van der Waals surface area contributed by atoms with Gasteiger partial charge in [0.1, 0.15) is 5.75 Å². The molecule has 0 aromatic heterocycles. The van der Waals surface area contributed by atoms with E-state index in [4.69, 9.17) is 4.74 Å². The van der Waals surface area contributed by atoms with Crippen LogP contribution in [0.5, 0.6) is 5.75 Å². The van der Waals surface area contributed by atoms with Crippen LogP contribution in [0.2, 0.25) is 0 Å². The molecule has 8 heteroatoms. The summed E-state index contributed by atoms with van der Waals surface area (Å²) in [6, 6.07) is 14.2. The minimum absolute atomic E-state index is 0.175. The normalized spacial score (nSPS) is 16.8. The Morgan fingerprint density at radius 3 is 2.63 bits per heavy atom. The highest BCUT2D eigenvalue weighted by molar-refractivity contribution is 7.92. The van der Waals surface area contributed by atoms with E-state index in [1.807, 2.05) is 30.3 Å². The first-order chi connectivity index (χ1) is 12.8. The molecule has 0 unspecified atom stereocenters. The summed E-state index contributed by atoms with van der Waals surface area (Å²) >= 11 is 0. The Morgan fingerprint density at radius 1 is 1.22 bits per heavy atom. The average molecular weight is 387 g/mol. The molecule has 0 saturated carbocycles. The van der Waals surface area contributed by atoms with Gasteiger partial charge in [0.05, 0.1) is 25.1 Å². The predicted molar refractivity (Wildman–Crippen MR) is 104 cm³/mol. The first kappa shape index (κ1) is 18.9. The lowest BCUT2D eigenvalue weighted by atomic mass is 9.97. The van der Waals surface area contributed by atoms with Gasteiger partial charge in [0, 0.05) is 24.6 Å². The molecule has 0 saturated heterocycles. The van der Waals surface area contributed by atoms with Crippen molar-refractivity contribution in [1.29, 1.82) is 0 Å². The first-order valence-corrected chi connectivity index (χ1v) is 10.3. The molecule has 0 radical (unpaired) electrons. The molecule has 0 aliphatic carbocycles. The SMILES string of the molecule is COc1ccccc1[C@@H]1CC(c2cccc(NS(C)(=O)=O)c2)=NN1C(C)=O. The number of methoxy groups -OCH3 is 1. The number of carbonyl (C=O) groups excluding carboxylic acids is 1. The van der Waals surface area contributed by atoms with Gasteiger partial charge in [-0.2, -0.15) is 5.10 Å². The summed E-state index contributed by atoms with van der Waals surface area (Å²) in [7, 11) is -1.78. The average Bonchev–Trinajstić information content (AvgIpc) is 3.06. The van der Waals surface area contributed by atoms with Gasteiger partial charge < -0.3 is 4.74 Å². The van der Waals surface area contributed by atoms with E-state index in [9.17, 15) is 13.2 Å². The maximum Gasteiger partial charge on any atom is 0.240 e. The zero-order valence-corrected chi connectivity index (χ0v) is 16.2. The third-order valence-electron chi connectivity index (χ3n) is 4.23. The van der Waals surface area contributed by atoms with Gasteiger partial charge >= 0.3 is 0 Å². The molecule has 1 aliphatic heterocycles. The number of hydrogen-bond acceptors (Lipinski definition) is 5. The van der Waals surface area contributed by atoms with Crippen LogP contribution >= 0.6 is 0 Å². The Balaban J connectivity index is 1.95. The lowest BCUT2D eigenvalue weighted by molar-refractivity contribution is -0.130. The smallest absolute Gasteiger partial charge is 0.240 e. The van der Waals surface area contributed by atoms with E-state index >= 15 is 0 Å². The molecule has 2 aromatic carbocycles. The highest BCUT2D eigenvalue weighted by Crippen LogP contribution is 2.37. The number of amides is 1. The van der Waals surface area contributed by atoms with Crippen LogP contribution in [0, 0.1) is 0 Å². The molecule has 1 atom stereocenters. The van der Waals surface area contributed by atoms with Crippen molar-refractivity contribution in [2.45, 2.75) is 19.4 Å². The zero-order valence-electron chi connectivity index (χ0n) is 15.3. The molecule has 3 rings (SSSR count). The van der Waals surface area contributed by atoms with Crippen molar-refractivity contribution < 1.29 is 17.9 Å². The lowest BCUT2D eigenvalue weighted by Gasteiger charge is -2.22. The number of hydrazone groups is 1. The van der Waals surface area contributed by atoms with Crippen LogP contribution in [0.15, 0.2) is 53.6 Å². The van der Waals surface area contributed by atoms with E-state index in [0.29, 0.717) is 23.6 Å². The molecule has 1 aliphatic rings. The molecule has 0 bridgehead atoms. The summed E-state index contributed by atoms with van der Waals surface area (Å²) in [5, 5.41) is 5.94. The highest BCUT2D eigenvalue weighted by Gasteiger charge is 2.33. The molecular weight excluding hydrogens is 366 g/mol. The molecule has 7 nitrogen and oxygen atoms in total. The van der Waals surface area contributed by atoms with E-state index < -0.39 is 10.0 Å². The molecule has 1 amide bonds. The van der Waals surface area contributed by atoms with Gasteiger partial charge in [0.2, 0.25) is 15.9 Å². The summed E-state index contributed by atoms with van der Waals surface area (Å²) < 4.78 is 30.8. The Kier molecular flexibility index (Phi) is 5.18. The van der Waals surface area contributed by atoms with Gasteiger partial charge in [-0.1, -0.05) is 30.3 Å². The summed E-state index contributed by atoms with van der Waals surface area (Å²) in [6.07, 6.45) is 1.60. The fourth-order valence-electron chi connectivity index (χ4n) is 3.14. The third-order valence-corrected chi connectivity index (χ3v) is 4.84. The first-order valence-electron chi connectivity index (χ1n) is 8.37. The third kappa shape index (κ3) is 4.28. The number of nitrogens with zero attached hydrogens (tertiary/aromatic N) is 2. The van der Waals surface area contributed by atoms with Gasteiger partial charge in [0.15, 0.2) is 0 Å². The predicted octanol–water partition coefficient (Wildman–Crippen LogP) is 2.76. The van der Waals surface area contributed by atoms with Crippen molar-refractivity contribution >= 4 is 27.3 Å². The van der Waals surface area contributed by atoms with Gasteiger partial charge in [-0.15, -0.1) is 0 Å². The Labute approximate surface area is 158 Å². The summed E-state index contributed by atoms with van der Waals surface area (Å²) in [5.74, 6) is 0.518. The fourth-order valence-corrected chi connectivity index (χ4v) is 3.69. The summed E-state index contributed by atoms with van der Waals surface area (Å²) in [6.45, 7) is 1.47. The molecule has 2 aromatic rings. The number of benzene rings is 2. The quantitative estimate of drug-likeness (QED) is 0.854. The molecule has 1 N–H and O–H groups in total. The van der Waals surface area contributed by atoms with Crippen LogP contribution in [0.3, 0.4) is 0 Å². The number of para-hydroxylation sites is 1. The number of nitrogens with one attached hydrogen (secondary N) is 1. The van der Waals surface area contributed by atoms with Crippen molar-refractivity contribution in [2.24, 2.45) is 5.10 Å². The van der Waals surface area contributed by atoms with Gasteiger partial charge in [-0.3, -0.25) is 9.52 Å². The second-order valence-electron chi connectivity index (χ2n) is 6.33. The van der Waals surface area contributed by atoms with Crippen molar-refractivity contribution in [2.75, 3.05) is 18.1 Å². The minimum Gasteiger partial charge on any atom is -0.496 e. The van der Waals surface area contributed by atoms with Crippen molar-refractivity contribution in [1.82, 2.24) is 5.01 Å². The number of ether oxygens (including phenoxy) is 1. The minimum atomic E-state index is -3.38. The number of hydrogen-bond donors (Lipinski definition) is 1. The summed E-state index contributed by atoms with van der Waals surface area (Å²) in [5.41, 5.74) is 2.79. The van der Waals surface area contributed by atoms with Gasteiger partial charge in [-0.25, -0.2) is 13.4 Å². The summed E-state index contributed by atoms with van der Waals surface area (Å²) in [4.78, 5) is 12.1. The fraction of sp³-hybridized carbons (Fsp3) is 0.263. The maximum absolute atomic E-state index is 12.1. The lowest BCUT2D eigenvalue weighted by Crippen LogP contribution is -2.24. The monoisotopic (exact) mass is 387 g/mol. The van der Waals surface area contributed by atoms with Crippen LogP contribution < -0.4 is 9.46 Å². The molecular formula is C19H21N3O4S. The Hall–Kier alpha value is -2.87. The van der Waals surface area contributed by atoms with Crippen molar-refractivity contribution in [3.05, 3.63) is 59.7 Å². The second-order valence-corrected chi connectivity index (χ2v) is 8.08. The maximum atomic E-state index is 12.1. The van der Waals surface area contributed by atoms with E-state index in [-0.39, 0.29) is 11.9 Å². The molecule has 0 fully saturated rings. The largest absolute Gasteiger partial charge is 0.496 e. The van der Waals surface area contributed by atoms with Crippen LogP contribution in [0.25, 0.3) is 0 Å². The molecule has 142 valence electrons. The van der Waals surface area contributed by atoms with E-state index in [1.54, 1.807) is 25.3 Å². The second kappa shape index (κ2) is 7.40.